The Balaban J connectivity index is 1.99. The lowest BCUT2D eigenvalue weighted by Crippen LogP contribution is -2.38. The van der Waals surface area contributed by atoms with Gasteiger partial charge in [-0.2, -0.15) is 5.10 Å². The first-order chi connectivity index (χ1) is 11.9. The molecule has 0 saturated heterocycles. The first-order valence-electron chi connectivity index (χ1n) is 7.06. The lowest BCUT2D eigenvalue weighted by atomic mass is 10.2. The number of H-pyrrole nitrogens is 2. The molecule has 1 aromatic heterocycles. The largest absolute Gasteiger partial charge is 0.504 e. The van der Waals surface area contributed by atoms with Crippen molar-refractivity contribution >= 4 is 17.9 Å². The highest BCUT2D eigenvalue weighted by Gasteiger charge is 2.14. The van der Waals surface area contributed by atoms with Gasteiger partial charge in [-0.15, -0.1) is 5.10 Å². The average molecular weight is 348 g/mol. The Hall–Kier alpha value is -3.63. The molecule has 0 aliphatic carbocycles. The second-order valence-electron chi connectivity index (χ2n) is 4.85. The molecule has 0 aliphatic heterocycles. The third-order valence-corrected chi connectivity index (χ3v) is 3.09. The number of aromatic hydroxyl groups is 1. The number of phenolic OH excluding ortho intramolecular Hbond substituents is 1. The van der Waals surface area contributed by atoms with Crippen LogP contribution in [-0.4, -0.2) is 45.6 Å². The van der Waals surface area contributed by atoms with Gasteiger partial charge in [0.15, 0.2) is 11.5 Å². The van der Waals surface area contributed by atoms with E-state index in [4.69, 9.17) is 4.74 Å². The van der Waals surface area contributed by atoms with Crippen LogP contribution in [0.2, 0.25) is 0 Å². The van der Waals surface area contributed by atoms with Crippen molar-refractivity contribution in [2.75, 3.05) is 12.4 Å². The van der Waals surface area contributed by atoms with Crippen LogP contribution < -0.4 is 26.7 Å². The zero-order valence-electron chi connectivity index (χ0n) is 13.4. The van der Waals surface area contributed by atoms with Crippen molar-refractivity contribution in [1.82, 2.24) is 20.6 Å². The van der Waals surface area contributed by atoms with Gasteiger partial charge in [0.05, 0.1) is 13.3 Å². The third-order valence-electron chi connectivity index (χ3n) is 3.09. The van der Waals surface area contributed by atoms with E-state index in [2.05, 4.69) is 20.9 Å². The maximum atomic E-state index is 11.9. The fourth-order valence-corrected chi connectivity index (χ4v) is 1.79. The van der Waals surface area contributed by atoms with E-state index in [1.165, 1.54) is 20.2 Å². The fourth-order valence-electron chi connectivity index (χ4n) is 1.79. The number of aromatic amines is 2. The standard InChI is InChI=1S/C14H16N6O5/c1-7(16-11-13(23)17-14(24)20-18-11)12(22)19-15-6-8-4-3-5-9(25-2)10(8)21/h3-7,21H,1-2H3,(H,16,18)(H,19,22)(H2,17,20,23,24)/b15-6+. The summed E-state index contributed by atoms with van der Waals surface area (Å²) in [5, 5.41) is 21.7. The molecule has 0 saturated carbocycles. The molecule has 0 spiro atoms. The lowest BCUT2D eigenvalue weighted by Gasteiger charge is -2.11. The Kier molecular flexibility index (Phi) is 5.50. The summed E-state index contributed by atoms with van der Waals surface area (Å²) in [6.45, 7) is 1.47. The number of amides is 1. The van der Waals surface area contributed by atoms with E-state index in [-0.39, 0.29) is 17.3 Å². The molecule has 132 valence electrons. The van der Waals surface area contributed by atoms with Gasteiger partial charge < -0.3 is 15.2 Å². The molecule has 5 N–H and O–H groups in total. The third kappa shape index (κ3) is 4.43. The highest BCUT2D eigenvalue weighted by Crippen LogP contribution is 2.27. The molecule has 0 fully saturated rings. The van der Waals surface area contributed by atoms with Crippen molar-refractivity contribution in [2.45, 2.75) is 13.0 Å². The lowest BCUT2D eigenvalue weighted by molar-refractivity contribution is -0.121. The van der Waals surface area contributed by atoms with Crippen LogP contribution in [0.1, 0.15) is 12.5 Å². The van der Waals surface area contributed by atoms with Gasteiger partial charge in [0.2, 0.25) is 5.82 Å². The van der Waals surface area contributed by atoms with Gasteiger partial charge in [-0.05, 0) is 19.1 Å². The van der Waals surface area contributed by atoms with Crippen molar-refractivity contribution in [3.05, 3.63) is 44.6 Å². The molecule has 0 aliphatic rings. The Bertz CT molecular complexity index is 903. The number of carbonyl (C=O) groups excluding carboxylic acids is 1. The fraction of sp³-hybridized carbons (Fsp3) is 0.214. The van der Waals surface area contributed by atoms with Crippen molar-refractivity contribution in [1.29, 1.82) is 0 Å². The zero-order valence-corrected chi connectivity index (χ0v) is 13.4. The quantitative estimate of drug-likeness (QED) is 0.334. The van der Waals surface area contributed by atoms with E-state index >= 15 is 0 Å². The van der Waals surface area contributed by atoms with Crippen LogP contribution in [0.3, 0.4) is 0 Å². The maximum Gasteiger partial charge on any atom is 0.342 e. The number of aromatic nitrogens is 3. The number of methoxy groups -OCH3 is 1. The minimum atomic E-state index is -0.865. The van der Waals surface area contributed by atoms with Crippen LogP contribution in [0.25, 0.3) is 0 Å². The molecule has 11 nitrogen and oxygen atoms in total. The molecule has 1 unspecified atom stereocenters. The van der Waals surface area contributed by atoms with E-state index in [0.717, 1.165) is 0 Å². The highest BCUT2D eigenvalue weighted by atomic mass is 16.5. The van der Waals surface area contributed by atoms with E-state index in [9.17, 15) is 19.5 Å². The number of nitrogens with one attached hydrogen (secondary N) is 4. The summed E-state index contributed by atoms with van der Waals surface area (Å²) in [5.41, 5.74) is 1.09. The van der Waals surface area contributed by atoms with Gasteiger partial charge in [0.25, 0.3) is 11.5 Å². The number of hydrogen-bond acceptors (Lipinski definition) is 8. The van der Waals surface area contributed by atoms with Gasteiger partial charge in [-0.25, -0.2) is 15.3 Å². The molecule has 1 heterocycles. The summed E-state index contributed by atoms with van der Waals surface area (Å²) in [4.78, 5) is 36.3. The van der Waals surface area contributed by atoms with E-state index in [0.29, 0.717) is 5.56 Å². The molecule has 2 aromatic rings. The molecule has 1 aromatic carbocycles. The number of nitrogens with zero attached hydrogens (tertiary/aromatic N) is 2. The molecule has 0 bridgehead atoms. The summed E-state index contributed by atoms with van der Waals surface area (Å²) in [5.74, 6) is -0.616. The highest BCUT2D eigenvalue weighted by molar-refractivity contribution is 5.88. The first-order valence-corrected chi connectivity index (χ1v) is 7.06. The molecule has 2 rings (SSSR count). The number of phenols is 1. The van der Waals surface area contributed by atoms with Crippen LogP contribution in [0.5, 0.6) is 11.5 Å². The Morgan fingerprint density at radius 2 is 2.20 bits per heavy atom. The average Bonchev–Trinajstić information content (AvgIpc) is 2.58. The number of anilines is 1. The van der Waals surface area contributed by atoms with Gasteiger partial charge in [-0.1, -0.05) is 6.07 Å². The molecule has 11 heteroatoms. The van der Waals surface area contributed by atoms with Crippen LogP contribution in [0, 0.1) is 0 Å². The summed E-state index contributed by atoms with van der Waals surface area (Å²) in [7, 11) is 1.41. The van der Waals surface area contributed by atoms with Crippen molar-refractivity contribution in [2.24, 2.45) is 5.10 Å². The second-order valence-corrected chi connectivity index (χ2v) is 4.85. The van der Waals surface area contributed by atoms with E-state index in [1.807, 2.05) is 10.1 Å². The van der Waals surface area contributed by atoms with Crippen LogP contribution in [0.15, 0.2) is 32.9 Å². The normalized spacial score (nSPS) is 11.9. The van der Waals surface area contributed by atoms with Crippen molar-refractivity contribution in [3.8, 4) is 11.5 Å². The molecule has 1 amide bonds. The van der Waals surface area contributed by atoms with Gasteiger partial charge in [0, 0.05) is 5.56 Å². The monoisotopic (exact) mass is 348 g/mol. The minimum absolute atomic E-state index is 0.113. The number of carbonyl (C=O) groups is 1. The molecule has 0 radical (unpaired) electrons. The number of hydrazone groups is 1. The second kappa shape index (κ2) is 7.77. The van der Waals surface area contributed by atoms with Crippen LogP contribution in [0.4, 0.5) is 5.82 Å². The SMILES string of the molecule is COc1cccc(/C=N/NC(=O)C(C)Nc2n[nH]c(=O)[nH]c2=O)c1O. The number of rotatable bonds is 6. The smallest absolute Gasteiger partial charge is 0.342 e. The number of para-hydroxylation sites is 1. The summed E-state index contributed by atoms with van der Waals surface area (Å²) < 4.78 is 4.96. The molecular formula is C14H16N6O5. The van der Waals surface area contributed by atoms with Gasteiger partial charge >= 0.3 is 5.69 Å². The number of ether oxygens (including phenoxy) is 1. The summed E-state index contributed by atoms with van der Waals surface area (Å²) >= 11 is 0. The van der Waals surface area contributed by atoms with Crippen LogP contribution in [-0.2, 0) is 4.79 Å². The van der Waals surface area contributed by atoms with Crippen molar-refractivity contribution < 1.29 is 14.6 Å². The first kappa shape index (κ1) is 17.7. The van der Waals surface area contributed by atoms with Gasteiger partial charge in [-0.3, -0.25) is 14.6 Å². The molecule has 1 atom stereocenters. The summed E-state index contributed by atoms with van der Waals surface area (Å²) in [6.07, 6.45) is 1.24. The summed E-state index contributed by atoms with van der Waals surface area (Å²) in [6, 6.07) is 3.95. The van der Waals surface area contributed by atoms with Gasteiger partial charge in [0.1, 0.15) is 6.04 Å². The Morgan fingerprint density at radius 1 is 1.44 bits per heavy atom. The Labute approximate surface area is 140 Å². The number of hydrogen-bond donors (Lipinski definition) is 5. The van der Waals surface area contributed by atoms with E-state index < -0.39 is 23.2 Å². The zero-order chi connectivity index (χ0) is 18.4. The molecule has 25 heavy (non-hydrogen) atoms. The number of benzene rings is 1. The maximum absolute atomic E-state index is 11.9. The Morgan fingerprint density at radius 3 is 2.88 bits per heavy atom. The minimum Gasteiger partial charge on any atom is -0.504 e. The predicted octanol–water partition coefficient (Wildman–Crippen LogP) is -0.877. The van der Waals surface area contributed by atoms with Crippen LogP contribution >= 0.6 is 0 Å². The predicted molar refractivity (Wildman–Crippen MR) is 89.0 cm³/mol. The van der Waals surface area contributed by atoms with E-state index in [1.54, 1.807) is 18.2 Å². The van der Waals surface area contributed by atoms with Crippen molar-refractivity contribution in [3.63, 3.8) is 0 Å². The molecular weight excluding hydrogens is 332 g/mol. The topological polar surface area (TPSA) is 162 Å².